The van der Waals surface area contributed by atoms with Crippen LogP contribution in [0.4, 0.5) is 4.39 Å². The Kier molecular flexibility index (Phi) is 12.3. The molecule has 3 aromatic rings. The van der Waals surface area contributed by atoms with Crippen LogP contribution in [0, 0.1) is 5.82 Å². The molecule has 0 amide bonds. The van der Waals surface area contributed by atoms with Crippen LogP contribution in [-0.4, -0.2) is 29.8 Å². The number of unbranched alkanes of at least 4 members (excludes halogenated alkanes) is 11. The number of aryl methyl sites for hydroxylation is 1. The number of rotatable bonds is 18. The largest absolute Gasteiger partial charge is 0.302 e. The van der Waals surface area contributed by atoms with Crippen molar-refractivity contribution in [1.29, 1.82) is 0 Å². The maximum atomic E-state index is 13.3. The molecule has 0 N–H and O–H groups in total. The first kappa shape index (κ1) is 27.4. The molecule has 2 aromatic heterocycles. The normalized spacial score (nSPS) is 11.4. The molecule has 0 unspecified atom stereocenters. The number of aromatic nitrogens is 6. The fourth-order valence-electron chi connectivity index (χ4n) is 4.26. The van der Waals surface area contributed by atoms with Gasteiger partial charge in [0.2, 0.25) is 0 Å². The van der Waals surface area contributed by atoms with Crippen molar-refractivity contribution >= 4 is 11.8 Å². The minimum absolute atomic E-state index is 0.252. The highest BCUT2D eigenvalue weighted by molar-refractivity contribution is 7.98. The van der Waals surface area contributed by atoms with Crippen molar-refractivity contribution in [2.75, 3.05) is 0 Å². The average Bonchev–Trinajstić information content (AvgIpc) is 3.50. The van der Waals surface area contributed by atoms with E-state index >= 15 is 0 Å². The number of hydrogen-bond acceptors (Lipinski definition) is 5. The predicted molar refractivity (Wildman–Crippen MR) is 142 cm³/mol. The van der Waals surface area contributed by atoms with E-state index in [1.54, 1.807) is 23.9 Å². The second-order valence-corrected chi connectivity index (χ2v) is 10.2. The monoisotopic (exact) mass is 500 g/mol. The van der Waals surface area contributed by atoms with E-state index < -0.39 is 0 Å². The summed E-state index contributed by atoms with van der Waals surface area (Å²) in [6.45, 7) is 6.01. The summed E-state index contributed by atoms with van der Waals surface area (Å²) < 4.78 is 17.3. The van der Waals surface area contributed by atoms with E-state index in [1.807, 2.05) is 10.9 Å². The Balaban J connectivity index is 1.31. The summed E-state index contributed by atoms with van der Waals surface area (Å²) >= 11 is 1.60. The van der Waals surface area contributed by atoms with Crippen molar-refractivity contribution < 1.29 is 4.39 Å². The molecule has 0 aliphatic rings. The zero-order valence-corrected chi connectivity index (χ0v) is 22.3. The number of benzene rings is 1. The van der Waals surface area contributed by atoms with Crippen LogP contribution in [0.3, 0.4) is 0 Å². The van der Waals surface area contributed by atoms with Crippen LogP contribution < -0.4 is 0 Å². The summed E-state index contributed by atoms with van der Waals surface area (Å²) in [6, 6.07) is 6.37. The third-order valence-electron chi connectivity index (χ3n) is 6.31. The third-order valence-corrected chi connectivity index (χ3v) is 7.31. The first-order valence-corrected chi connectivity index (χ1v) is 14.4. The Labute approximate surface area is 214 Å². The van der Waals surface area contributed by atoms with Crippen molar-refractivity contribution in [1.82, 2.24) is 29.8 Å². The quantitative estimate of drug-likeness (QED) is 0.132. The van der Waals surface area contributed by atoms with Crippen LogP contribution in [0.2, 0.25) is 0 Å². The Hall–Kier alpha value is -2.22. The smallest absolute Gasteiger partial charge is 0.191 e. The highest BCUT2D eigenvalue weighted by atomic mass is 32.2. The van der Waals surface area contributed by atoms with Gasteiger partial charge >= 0.3 is 0 Å². The van der Waals surface area contributed by atoms with E-state index in [1.165, 1.54) is 82.8 Å². The number of halogens is 1. The summed E-state index contributed by atoms with van der Waals surface area (Å²) in [6.07, 6.45) is 18.3. The molecule has 6 nitrogen and oxygen atoms in total. The lowest BCUT2D eigenvalue weighted by Crippen LogP contribution is -2.00. The van der Waals surface area contributed by atoms with E-state index in [0.717, 1.165) is 41.7 Å². The molecule has 0 saturated carbocycles. The molecule has 35 heavy (non-hydrogen) atoms. The topological polar surface area (TPSA) is 61.4 Å². The second-order valence-electron chi connectivity index (χ2n) is 9.21. The minimum Gasteiger partial charge on any atom is -0.302 e. The number of thioether (sulfide) groups is 1. The fraction of sp³-hybridized carbons (Fsp3) is 0.630. The molecular formula is C27H41FN6S. The summed E-state index contributed by atoms with van der Waals surface area (Å²) in [7, 11) is 0. The van der Waals surface area contributed by atoms with Gasteiger partial charge < -0.3 is 4.57 Å². The highest BCUT2D eigenvalue weighted by Crippen LogP contribution is 2.26. The van der Waals surface area contributed by atoms with Gasteiger partial charge in [0.25, 0.3) is 0 Å². The molecule has 192 valence electrons. The summed E-state index contributed by atoms with van der Waals surface area (Å²) in [5.41, 5.74) is 1.81. The van der Waals surface area contributed by atoms with Crippen molar-refractivity contribution in [3.8, 4) is 11.4 Å². The minimum atomic E-state index is -0.252. The summed E-state index contributed by atoms with van der Waals surface area (Å²) in [4.78, 5) is 0. The van der Waals surface area contributed by atoms with Gasteiger partial charge in [0.05, 0.1) is 5.69 Å². The molecule has 8 heteroatoms. The van der Waals surface area contributed by atoms with Crippen LogP contribution >= 0.6 is 11.8 Å². The lowest BCUT2D eigenvalue weighted by molar-refractivity contribution is 0.505. The van der Waals surface area contributed by atoms with E-state index in [4.69, 9.17) is 0 Å². The highest BCUT2D eigenvalue weighted by Gasteiger charge is 2.14. The Morgan fingerprint density at radius 1 is 0.771 bits per heavy atom. The first-order valence-electron chi connectivity index (χ1n) is 13.4. The molecule has 3 rings (SSSR count). The van der Waals surface area contributed by atoms with Crippen LogP contribution in [0.1, 0.15) is 96.6 Å². The molecule has 0 aliphatic heterocycles. The third kappa shape index (κ3) is 9.39. The lowest BCUT2D eigenvalue weighted by Gasteiger charge is -2.06. The lowest BCUT2D eigenvalue weighted by atomic mass is 10.1. The molecule has 0 aliphatic carbocycles. The van der Waals surface area contributed by atoms with E-state index in [9.17, 15) is 4.39 Å². The van der Waals surface area contributed by atoms with Gasteiger partial charge in [-0.05, 0) is 37.6 Å². The Morgan fingerprint density at radius 3 is 2.03 bits per heavy atom. The molecular weight excluding hydrogens is 459 g/mol. The number of hydrogen-bond donors (Lipinski definition) is 0. The van der Waals surface area contributed by atoms with Crippen molar-refractivity contribution in [3.63, 3.8) is 0 Å². The SMILES string of the molecule is CCCCCCCCCCCCCCn1cc(CSc2nnc(-c3ccc(F)cc3)n2CC)nn1. The molecule has 0 radical (unpaired) electrons. The standard InChI is InChI=1S/C27H41FN6S/c1-3-5-6-7-8-9-10-11-12-13-14-15-20-33-21-25(29-32-33)22-35-27-31-30-26(34(27)4-2)23-16-18-24(28)19-17-23/h16-19,21H,3-15,20,22H2,1-2H3. The zero-order valence-electron chi connectivity index (χ0n) is 21.5. The number of nitrogens with zero attached hydrogens (tertiary/aromatic N) is 6. The molecule has 0 bridgehead atoms. The van der Waals surface area contributed by atoms with E-state index in [0.29, 0.717) is 5.75 Å². The van der Waals surface area contributed by atoms with E-state index in [2.05, 4.69) is 38.9 Å². The Bertz CT molecular complexity index is 968. The van der Waals surface area contributed by atoms with Gasteiger partial charge in [0.15, 0.2) is 11.0 Å². The van der Waals surface area contributed by atoms with Gasteiger partial charge in [-0.15, -0.1) is 15.3 Å². The summed E-state index contributed by atoms with van der Waals surface area (Å²) in [5, 5.41) is 18.1. The van der Waals surface area contributed by atoms with E-state index in [-0.39, 0.29) is 5.82 Å². The van der Waals surface area contributed by atoms with Gasteiger partial charge in [0, 0.05) is 30.6 Å². The Morgan fingerprint density at radius 2 is 1.40 bits per heavy atom. The molecule has 0 saturated heterocycles. The van der Waals surface area contributed by atoms with Gasteiger partial charge in [-0.3, -0.25) is 4.68 Å². The molecule has 0 spiro atoms. The van der Waals surface area contributed by atoms with Gasteiger partial charge in [0.1, 0.15) is 5.82 Å². The van der Waals surface area contributed by atoms with Crippen LogP contribution in [0.15, 0.2) is 35.6 Å². The van der Waals surface area contributed by atoms with Gasteiger partial charge in [-0.25, -0.2) is 4.39 Å². The molecule has 0 atom stereocenters. The van der Waals surface area contributed by atoms with Crippen molar-refractivity contribution in [2.24, 2.45) is 0 Å². The average molecular weight is 501 g/mol. The molecule has 0 fully saturated rings. The first-order chi connectivity index (χ1) is 17.2. The van der Waals surface area contributed by atoms with Crippen LogP contribution in [0.5, 0.6) is 0 Å². The zero-order chi connectivity index (χ0) is 24.7. The van der Waals surface area contributed by atoms with Gasteiger partial charge in [-0.2, -0.15) is 0 Å². The van der Waals surface area contributed by atoms with Crippen molar-refractivity contribution in [2.45, 2.75) is 115 Å². The van der Waals surface area contributed by atoms with Crippen molar-refractivity contribution in [3.05, 3.63) is 42.0 Å². The molecule has 2 heterocycles. The maximum absolute atomic E-state index is 13.3. The second kappa shape index (κ2) is 15.7. The summed E-state index contributed by atoms with van der Waals surface area (Å²) in [5.74, 6) is 1.20. The maximum Gasteiger partial charge on any atom is 0.191 e. The predicted octanol–water partition coefficient (Wildman–Crippen LogP) is 7.69. The van der Waals surface area contributed by atoms with Crippen LogP contribution in [-0.2, 0) is 18.8 Å². The fourth-order valence-corrected chi connectivity index (χ4v) is 5.14. The van der Waals surface area contributed by atoms with Crippen LogP contribution in [0.25, 0.3) is 11.4 Å². The molecule has 1 aromatic carbocycles. The van der Waals surface area contributed by atoms with Gasteiger partial charge in [-0.1, -0.05) is 94.5 Å².